The van der Waals surface area contributed by atoms with E-state index in [2.05, 4.69) is 18.7 Å². The number of hydrogen-bond donors (Lipinski definition) is 0. The van der Waals surface area contributed by atoms with Crippen molar-refractivity contribution >= 4 is 5.78 Å². The Morgan fingerprint density at radius 3 is 2.28 bits per heavy atom. The fourth-order valence-electron chi connectivity index (χ4n) is 3.51. The summed E-state index contributed by atoms with van der Waals surface area (Å²) in [6.07, 6.45) is 3.63. The normalized spacial score (nSPS) is 15.8. The summed E-state index contributed by atoms with van der Waals surface area (Å²) in [6.45, 7) is 8.10. The highest BCUT2D eigenvalue weighted by Gasteiger charge is 2.36. The van der Waals surface area contributed by atoms with Crippen molar-refractivity contribution in [1.82, 2.24) is 4.90 Å². The number of ketones is 1. The SMILES string of the molecule is Cc1cc(Oc2ccccc2)ccc1C(=O)C(C)(C)N1CCCCC1. The summed E-state index contributed by atoms with van der Waals surface area (Å²) >= 11 is 0. The molecule has 0 amide bonds. The van der Waals surface area contributed by atoms with E-state index in [4.69, 9.17) is 4.74 Å². The van der Waals surface area contributed by atoms with E-state index in [1.807, 2.05) is 55.5 Å². The number of Topliss-reactive ketones (excluding diaryl/α,β-unsaturated/α-hetero) is 1. The van der Waals surface area contributed by atoms with E-state index in [0.29, 0.717) is 0 Å². The van der Waals surface area contributed by atoms with Crippen LogP contribution in [0.2, 0.25) is 0 Å². The summed E-state index contributed by atoms with van der Waals surface area (Å²) in [5.41, 5.74) is 1.28. The van der Waals surface area contributed by atoms with Gasteiger partial charge in [0.05, 0.1) is 5.54 Å². The molecule has 3 nitrogen and oxygen atoms in total. The van der Waals surface area contributed by atoms with Crippen LogP contribution in [0, 0.1) is 6.92 Å². The molecule has 0 N–H and O–H groups in total. The molecule has 3 heteroatoms. The molecule has 0 aliphatic carbocycles. The lowest BCUT2D eigenvalue weighted by Gasteiger charge is -2.40. The van der Waals surface area contributed by atoms with E-state index in [-0.39, 0.29) is 5.78 Å². The second-order valence-corrected chi connectivity index (χ2v) is 7.33. The molecule has 25 heavy (non-hydrogen) atoms. The first kappa shape index (κ1) is 17.7. The molecule has 0 atom stereocenters. The molecule has 1 heterocycles. The summed E-state index contributed by atoms with van der Waals surface area (Å²) in [4.78, 5) is 15.5. The Hall–Kier alpha value is -2.13. The summed E-state index contributed by atoms with van der Waals surface area (Å²) < 4.78 is 5.87. The molecule has 2 aromatic carbocycles. The Morgan fingerprint density at radius 2 is 1.64 bits per heavy atom. The minimum Gasteiger partial charge on any atom is -0.457 e. The fourth-order valence-corrected chi connectivity index (χ4v) is 3.51. The zero-order valence-electron chi connectivity index (χ0n) is 15.4. The van der Waals surface area contributed by atoms with Crippen molar-refractivity contribution in [3.8, 4) is 11.5 Å². The number of carbonyl (C=O) groups is 1. The van der Waals surface area contributed by atoms with Crippen molar-refractivity contribution in [1.29, 1.82) is 0 Å². The van der Waals surface area contributed by atoms with E-state index >= 15 is 0 Å². The monoisotopic (exact) mass is 337 g/mol. The zero-order chi connectivity index (χ0) is 17.9. The van der Waals surface area contributed by atoms with Gasteiger partial charge in [-0.05, 0) is 82.6 Å². The van der Waals surface area contributed by atoms with Crippen LogP contribution in [0.4, 0.5) is 0 Å². The standard InChI is InChI=1S/C22H27NO2/c1-17-16-19(25-18-10-6-4-7-11-18)12-13-20(17)21(24)22(2,3)23-14-8-5-9-15-23/h4,6-7,10-13,16H,5,8-9,14-15H2,1-3H3. The maximum Gasteiger partial charge on any atom is 0.182 e. The molecular formula is C22H27NO2. The molecule has 1 aliphatic heterocycles. The van der Waals surface area contributed by atoms with Gasteiger partial charge >= 0.3 is 0 Å². The first-order valence-corrected chi connectivity index (χ1v) is 9.12. The first-order chi connectivity index (χ1) is 12.0. The molecule has 0 unspecified atom stereocenters. The highest BCUT2D eigenvalue weighted by atomic mass is 16.5. The number of benzene rings is 2. The Morgan fingerprint density at radius 1 is 0.960 bits per heavy atom. The largest absolute Gasteiger partial charge is 0.457 e. The molecule has 0 saturated carbocycles. The van der Waals surface area contributed by atoms with Crippen molar-refractivity contribution in [2.45, 2.75) is 45.6 Å². The average Bonchev–Trinajstić information content (AvgIpc) is 2.63. The summed E-state index contributed by atoms with van der Waals surface area (Å²) in [6, 6.07) is 15.4. The van der Waals surface area contributed by atoms with Crippen molar-refractivity contribution in [2.24, 2.45) is 0 Å². The molecule has 3 rings (SSSR count). The molecule has 0 radical (unpaired) electrons. The molecule has 2 aromatic rings. The number of hydrogen-bond acceptors (Lipinski definition) is 3. The number of aryl methyl sites for hydroxylation is 1. The van der Waals surface area contributed by atoms with Crippen LogP contribution in [-0.2, 0) is 0 Å². The number of ether oxygens (including phenoxy) is 1. The Kier molecular flexibility index (Phi) is 5.24. The average molecular weight is 337 g/mol. The van der Waals surface area contributed by atoms with Gasteiger partial charge in [0, 0.05) is 5.56 Å². The number of likely N-dealkylation sites (tertiary alicyclic amines) is 1. The summed E-state index contributed by atoms with van der Waals surface area (Å²) in [5, 5.41) is 0. The van der Waals surface area contributed by atoms with Crippen molar-refractivity contribution < 1.29 is 9.53 Å². The van der Waals surface area contributed by atoms with Crippen LogP contribution in [-0.4, -0.2) is 29.3 Å². The molecular weight excluding hydrogens is 310 g/mol. The topological polar surface area (TPSA) is 29.5 Å². The van der Waals surface area contributed by atoms with Gasteiger partial charge in [0.2, 0.25) is 0 Å². The van der Waals surface area contributed by atoms with Crippen LogP contribution < -0.4 is 4.74 Å². The van der Waals surface area contributed by atoms with Gasteiger partial charge in [-0.3, -0.25) is 9.69 Å². The van der Waals surface area contributed by atoms with E-state index in [1.165, 1.54) is 19.3 Å². The van der Waals surface area contributed by atoms with Gasteiger partial charge in [-0.25, -0.2) is 0 Å². The van der Waals surface area contributed by atoms with Crippen molar-refractivity contribution in [2.75, 3.05) is 13.1 Å². The number of piperidine rings is 1. The lowest BCUT2D eigenvalue weighted by atomic mass is 9.87. The van der Waals surface area contributed by atoms with Crippen LogP contribution in [0.15, 0.2) is 48.5 Å². The minimum absolute atomic E-state index is 0.193. The summed E-state index contributed by atoms with van der Waals surface area (Å²) in [7, 11) is 0. The molecule has 0 bridgehead atoms. The fraction of sp³-hybridized carbons (Fsp3) is 0.409. The maximum absolute atomic E-state index is 13.2. The van der Waals surface area contributed by atoms with Crippen LogP contribution >= 0.6 is 0 Å². The molecule has 0 aromatic heterocycles. The van der Waals surface area contributed by atoms with Crippen LogP contribution in [0.3, 0.4) is 0 Å². The van der Waals surface area contributed by atoms with Crippen molar-refractivity contribution in [3.05, 3.63) is 59.7 Å². The van der Waals surface area contributed by atoms with Crippen LogP contribution in [0.5, 0.6) is 11.5 Å². The zero-order valence-corrected chi connectivity index (χ0v) is 15.4. The lowest BCUT2D eigenvalue weighted by molar-refractivity contribution is 0.0578. The minimum atomic E-state index is -0.465. The lowest BCUT2D eigenvalue weighted by Crippen LogP contribution is -2.52. The quantitative estimate of drug-likeness (QED) is 0.699. The van der Waals surface area contributed by atoms with Gasteiger partial charge in [-0.1, -0.05) is 24.6 Å². The molecule has 1 aliphatic rings. The molecule has 1 saturated heterocycles. The predicted octanol–water partition coefficient (Wildman–Crippen LogP) is 5.23. The van der Waals surface area contributed by atoms with Gasteiger partial charge in [0.1, 0.15) is 11.5 Å². The van der Waals surface area contributed by atoms with E-state index in [9.17, 15) is 4.79 Å². The van der Waals surface area contributed by atoms with Gasteiger partial charge < -0.3 is 4.74 Å². The second-order valence-electron chi connectivity index (χ2n) is 7.33. The number of rotatable bonds is 5. The van der Waals surface area contributed by atoms with Gasteiger partial charge in [-0.2, -0.15) is 0 Å². The van der Waals surface area contributed by atoms with Gasteiger partial charge in [0.25, 0.3) is 0 Å². The first-order valence-electron chi connectivity index (χ1n) is 9.12. The van der Waals surface area contributed by atoms with Crippen LogP contribution in [0.25, 0.3) is 0 Å². The van der Waals surface area contributed by atoms with E-state index in [1.54, 1.807) is 0 Å². The van der Waals surface area contributed by atoms with Crippen molar-refractivity contribution in [3.63, 3.8) is 0 Å². The third-order valence-electron chi connectivity index (χ3n) is 5.12. The Labute approximate surface area is 150 Å². The number of para-hydroxylation sites is 1. The Balaban J connectivity index is 1.79. The van der Waals surface area contributed by atoms with E-state index < -0.39 is 5.54 Å². The highest BCUT2D eigenvalue weighted by Crippen LogP contribution is 2.29. The van der Waals surface area contributed by atoms with Crippen LogP contribution in [0.1, 0.15) is 49.0 Å². The third-order valence-corrected chi connectivity index (χ3v) is 5.12. The van der Waals surface area contributed by atoms with E-state index in [0.717, 1.165) is 35.7 Å². The predicted molar refractivity (Wildman–Crippen MR) is 102 cm³/mol. The second kappa shape index (κ2) is 7.40. The van der Waals surface area contributed by atoms with Gasteiger partial charge in [-0.15, -0.1) is 0 Å². The third kappa shape index (κ3) is 3.93. The maximum atomic E-state index is 13.2. The number of carbonyl (C=O) groups excluding carboxylic acids is 1. The summed E-state index contributed by atoms with van der Waals surface area (Å²) in [5.74, 6) is 1.75. The Bertz CT molecular complexity index is 731. The molecule has 1 fully saturated rings. The van der Waals surface area contributed by atoms with Gasteiger partial charge in [0.15, 0.2) is 5.78 Å². The number of nitrogens with zero attached hydrogens (tertiary/aromatic N) is 1. The molecule has 0 spiro atoms. The molecule has 132 valence electrons. The highest BCUT2D eigenvalue weighted by molar-refractivity contribution is 6.03. The smallest absolute Gasteiger partial charge is 0.182 e.